The molecule has 0 spiro atoms. The van der Waals surface area contributed by atoms with Gasteiger partial charge in [-0.15, -0.1) is 0 Å². The summed E-state index contributed by atoms with van der Waals surface area (Å²) in [4.78, 5) is 4.61. The molecule has 0 saturated heterocycles. The average molecular weight is 340 g/mol. The highest BCUT2D eigenvalue weighted by molar-refractivity contribution is 5.91. The van der Waals surface area contributed by atoms with Crippen molar-refractivity contribution in [3.63, 3.8) is 0 Å². The van der Waals surface area contributed by atoms with Crippen LogP contribution in [-0.4, -0.2) is 13.1 Å². The Hall–Kier alpha value is -3.51. The van der Waals surface area contributed by atoms with Crippen LogP contribution in [0.15, 0.2) is 83.9 Å². The Kier molecular flexibility index (Phi) is 5.69. The number of anilines is 1. The van der Waals surface area contributed by atoms with E-state index in [1.54, 1.807) is 7.11 Å². The molecule has 0 unspecified atom stereocenters. The molecule has 0 amide bonds. The van der Waals surface area contributed by atoms with Crippen LogP contribution in [0.4, 0.5) is 11.4 Å². The van der Waals surface area contributed by atoms with Crippen molar-refractivity contribution in [3.05, 3.63) is 95.6 Å². The lowest BCUT2D eigenvalue weighted by molar-refractivity contribution is 0.402. The van der Waals surface area contributed by atoms with Gasteiger partial charge in [-0.1, -0.05) is 54.3 Å². The predicted octanol–water partition coefficient (Wildman–Crippen LogP) is 5.14. The van der Waals surface area contributed by atoms with Gasteiger partial charge in [-0.2, -0.15) is 4.99 Å². The lowest BCUT2D eigenvalue weighted by atomic mass is 10.1. The molecule has 26 heavy (non-hydrogen) atoms. The number of methoxy groups -OCH3 is 1. The first kappa shape index (κ1) is 17.3. The summed E-state index contributed by atoms with van der Waals surface area (Å²) in [5, 5.41) is 3.17. The third-order valence-corrected chi connectivity index (χ3v) is 3.71. The molecule has 3 aromatic rings. The zero-order valence-corrected chi connectivity index (χ0v) is 14.9. The Balaban J connectivity index is 1.93. The first-order valence-corrected chi connectivity index (χ1v) is 8.37. The molecule has 0 aliphatic carbocycles. The molecule has 0 radical (unpaired) electrons. The van der Waals surface area contributed by atoms with E-state index in [0.717, 1.165) is 28.1 Å². The fourth-order valence-electron chi connectivity index (χ4n) is 2.39. The fraction of sp³-hybridized carbons (Fsp3) is 0.0870. The first-order chi connectivity index (χ1) is 12.7. The van der Waals surface area contributed by atoms with E-state index in [0.29, 0.717) is 6.02 Å². The maximum absolute atomic E-state index is 5.40. The van der Waals surface area contributed by atoms with Crippen molar-refractivity contribution in [3.8, 4) is 11.8 Å². The number of para-hydroxylation sites is 1. The Morgan fingerprint density at radius 2 is 1.58 bits per heavy atom. The van der Waals surface area contributed by atoms with Gasteiger partial charge in [0.25, 0.3) is 6.02 Å². The van der Waals surface area contributed by atoms with E-state index in [1.807, 2.05) is 85.8 Å². The molecular formula is C23H20N2O. The van der Waals surface area contributed by atoms with Crippen molar-refractivity contribution in [1.29, 1.82) is 0 Å². The van der Waals surface area contributed by atoms with Crippen molar-refractivity contribution in [2.24, 2.45) is 4.99 Å². The smallest absolute Gasteiger partial charge is 0.294 e. The van der Waals surface area contributed by atoms with E-state index in [-0.39, 0.29) is 0 Å². The summed E-state index contributed by atoms with van der Waals surface area (Å²) in [5.41, 5.74) is 4.64. The predicted molar refractivity (Wildman–Crippen MR) is 108 cm³/mol. The number of aliphatic imine (C=N–C) groups is 1. The van der Waals surface area contributed by atoms with Crippen LogP contribution < -0.4 is 5.32 Å². The molecule has 0 atom stereocenters. The lowest BCUT2D eigenvalue weighted by Gasteiger charge is -2.09. The lowest BCUT2D eigenvalue weighted by Crippen LogP contribution is -2.13. The van der Waals surface area contributed by atoms with Crippen LogP contribution in [0.2, 0.25) is 0 Å². The van der Waals surface area contributed by atoms with Gasteiger partial charge in [0, 0.05) is 11.3 Å². The van der Waals surface area contributed by atoms with Gasteiger partial charge in [0.15, 0.2) is 0 Å². The molecule has 3 aromatic carbocycles. The number of amidine groups is 1. The van der Waals surface area contributed by atoms with Gasteiger partial charge in [-0.25, -0.2) is 0 Å². The molecular weight excluding hydrogens is 320 g/mol. The quantitative estimate of drug-likeness (QED) is 0.398. The Bertz CT molecular complexity index is 952. The van der Waals surface area contributed by atoms with E-state index in [4.69, 9.17) is 4.74 Å². The first-order valence-electron chi connectivity index (χ1n) is 8.37. The van der Waals surface area contributed by atoms with Crippen LogP contribution in [0.5, 0.6) is 0 Å². The zero-order chi connectivity index (χ0) is 18.2. The number of benzene rings is 3. The molecule has 0 aliphatic heterocycles. The minimum Gasteiger partial charge on any atom is -0.468 e. The highest BCUT2D eigenvalue weighted by atomic mass is 16.5. The van der Waals surface area contributed by atoms with Crippen LogP contribution in [0.25, 0.3) is 0 Å². The fourth-order valence-corrected chi connectivity index (χ4v) is 2.39. The maximum atomic E-state index is 5.40. The molecule has 3 rings (SSSR count). The highest BCUT2D eigenvalue weighted by Gasteiger charge is 2.04. The average Bonchev–Trinajstić information content (AvgIpc) is 2.69. The molecule has 3 nitrogen and oxygen atoms in total. The molecule has 0 bridgehead atoms. The van der Waals surface area contributed by atoms with Crippen molar-refractivity contribution in [2.45, 2.75) is 6.92 Å². The van der Waals surface area contributed by atoms with Crippen molar-refractivity contribution in [2.75, 3.05) is 12.4 Å². The number of hydrogen-bond acceptors (Lipinski definition) is 2. The van der Waals surface area contributed by atoms with Gasteiger partial charge in [0.1, 0.15) is 0 Å². The highest BCUT2D eigenvalue weighted by Crippen LogP contribution is 2.21. The van der Waals surface area contributed by atoms with Crippen molar-refractivity contribution in [1.82, 2.24) is 0 Å². The van der Waals surface area contributed by atoms with Gasteiger partial charge < -0.3 is 10.1 Å². The van der Waals surface area contributed by atoms with E-state index < -0.39 is 0 Å². The largest absolute Gasteiger partial charge is 0.468 e. The standard InChI is InChI=1S/C23H20N2O/c1-18-13-16-22(20(17-18)15-14-19-9-5-3-6-10-19)25-23(26-2)24-21-11-7-4-8-12-21/h3-13,16-17H,1-2H3,(H,24,25). The van der Waals surface area contributed by atoms with Gasteiger partial charge in [-0.3, -0.25) is 0 Å². The number of nitrogens with zero attached hydrogens (tertiary/aromatic N) is 1. The number of rotatable bonds is 2. The van der Waals surface area contributed by atoms with Gasteiger partial charge >= 0.3 is 0 Å². The summed E-state index contributed by atoms with van der Waals surface area (Å²) in [6.45, 7) is 2.04. The number of aryl methyl sites for hydroxylation is 1. The Labute approximate surface area is 154 Å². The van der Waals surface area contributed by atoms with Crippen LogP contribution in [-0.2, 0) is 4.74 Å². The minimum atomic E-state index is 0.419. The molecule has 0 heterocycles. The summed E-state index contributed by atoms with van der Waals surface area (Å²) in [7, 11) is 1.60. The third-order valence-electron chi connectivity index (χ3n) is 3.71. The Morgan fingerprint density at radius 1 is 0.885 bits per heavy atom. The van der Waals surface area contributed by atoms with E-state index in [9.17, 15) is 0 Å². The maximum Gasteiger partial charge on any atom is 0.294 e. The SMILES string of the molecule is COC(=Nc1ccc(C)cc1C#Cc1ccccc1)Nc1ccccc1. The second-order valence-corrected chi connectivity index (χ2v) is 5.75. The molecule has 1 N–H and O–H groups in total. The topological polar surface area (TPSA) is 33.6 Å². The van der Waals surface area contributed by atoms with Crippen molar-refractivity contribution >= 4 is 17.4 Å². The van der Waals surface area contributed by atoms with E-state index >= 15 is 0 Å². The van der Waals surface area contributed by atoms with E-state index in [2.05, 4.69) is 22.2 Å². The summed E-state index contributed by atoms with van der Waals surface area (Å²) in [6.07, 6.45) is 0. The van der Waals surface area contributed by atoms with Crippen LogP contribution in [0, 0.1) is 18.8 Å². The monoisotopic (exact) mass is 340 g/mol. The molecule has 0 aromatic heterocycles. The molecule has 128 valence electrons. The minimum absolute atomic E-state index is 0.419. The van der Waals surface area contributed by atoms with Crippen LogP contribution in [0.1, 0.15) is 16.7 Å². The number of nitrogens with one attached hydrogen (secondary N) is 1. The van der Waals surface area contributed by atoms with Gasteiger partial charge in [0.05, 0.1) is 18.4 Å². The summed E-state index contributed by atoms with van der Waals surface area (Å²) in [6, 6.07) is 26.1. The molecule has 0 aliphatic rings. The zero-order valence-electron chi connectivity index (χ0n) is 14.9. The van der Waals surface area contributed by atoms with Crippen LogP contribution in [0.3, 0.4) is 0 Å². The molecule has 0 fully saturated rings. The second-order valence-electron chi connectivity index (χ2n) is 5.75. The third kappa shape index (κ3) is 4.75. The van der Waals surface area contributed by atoms with Crippen LogP contribution >= 0.6 is 0 Å². The normalized spacial score (nSPS) is 10.6. The van der Waals surface area contributed by atoms with E-state index in [1.165, 1.54) is 0 Å². The number of ether oxygens (including phenoxy) is 1. The summed E-state index contributed by atoms with van der Waals surface area (Å²) < 4.78 is 5.40. The second kappa shape index (κ2) is 8.55. The molecule has 3 heteroatoms. The summed E-state index contributed by atoms with van der Waals surface area (Å²) >= 11 is 0. The van der Waals surface area contributed by atoms with Gasteiger partial charge in [-0.05, 0) is 48.9 Å². The number of hydrogen-bond donors (Lipinski definition) is 1. The van der Waals surface area contributed by atoms with Crippen molar-refractivity contribution < 1.29 is 4.74 Å². The van der Waals surface area contributed by atoms with Gasteiger partial charge in [0.2, 0.25) is 0 Å². The summed E-state index contributed by atoms with van der Waals surface area (Å²) in [5.74, 6) is 6.41. The molecule has 0 saturated carbocycles. The Morgan fingerprint density at radius 3 is 2.27 bits per heavy atom.